The predicted molar refractivity (Wildman–Crippen MR) is 77.9 cm³/mol. The van der Waals surface area contributed by atoms with Gasteiger partial charge in [-0.05, 0) is 24.4 Å². The molecule has 1 saturated heterocycles. The molecule has 1 aliphatic heterocycles. The molecule has 2 rings (SSSR count). The number of piperazine rings is 1. The lowest BCUT2D eigenvalue weighted by Gasteiger charge is -2.35. The van der Waals surface area contributed by atoms with Gasteiger partial charge in [0, 0.05) is 32.7 Å². The fraction of sp³-hybridized carbons (Fsp3) is 0.769. The third-order valence-electron chi connectivity index (χ3n) is 3.68. The minimum atomic E-state index is -0.269. The number of amides is 1. The maximum Gasteiger partial charge on any atom is 0.267 e. The van der Waals surface area contributed by atoms with Gasteiger partial charge in [0.1, 0.15) is 4.88 Å². The lowest BCUT2D eigenvalue weighted by molar-refractivity contribution is 0.0526. The third kappa shape index (κ3) is 3.53. The van der Waals surface area contributed by atoms with Gasteiger partial charge in [-0.1, -0.05) is 18.3 Å². The summed E-state index contributed by atoms with van der Waals surface area (Å²) in [6.07, 6.45) is 1.24. The molecule has 0 aromatic carbocycles. The summed E-state index contributed by atoms with van der Waals surface area (Å²) >= 11 is 1.19. The Morgan fingerprint density at radius 2 is 2.05 bits per heavy atom. The summed E-state index contributed by atoms with van der Waals surface area (Å²) < 4.78 is 3.87. The van der Waals surface area contributed by atoms with E-state index < -0.39 is 0 Å². The van der Waals surface area contributed by atoms with Gasteiger partial charge in [0.15, 0.2) is 0 Å². The molecular formula is C13H22N4O2S. The molecule has 6 nitrogen and oxygen atoms in total. The zero-order valence-corrected chi connectivity index (χ0v) is 12.9. The summed E-state index contributed by atoms with van der Waals surface area (Å²) in [5.41, 5.74) is 0.795. The van der Waals surface area contributed by atoms with Gasteiger partial charge in [0.2, 0.25) is 0 Å². The Bertz CT molecular complexity index is 443. The van der Waals surface area contributed by atoms with Crippen LogP contribution in [0.4, 0.5) is 0 Å². The van der Waals surface area contributed by atoms with E-state index in [9.17, 15) is 9.90 Å². The fourth-order valence-electron chi connectivity index (χ4n) is 2.31. The number of carbonyl (C=O) groups is 1. The standard InChI is InChI=1S/C13H22N4O2S/c1-3-10(18)9-16-5-7-17(8-6-16)13(19)12-11(4-2)14-15-20-12/h10,18H,3-9H2,1-2H3/t10-/m0/s1. The van der Waals surface area contributed by atoms with Crippen molar-refractivity contribution in [3.63, 3.8) is 0 Å². The SMILES string of the molecule is CCc1nnsc1C(=O)N1CCN(C[C@@H](O)CC)CC1. The maximum absolute atomic E-state index is 12.4. The molecule has 0 radical (unpaired) electrons. The predicted octanol–water partition coefficient (Wildman–Crippen LogP) is 0.629. The molecule has 0 saturated carbocycles. The Labute approximate surface area is 123 Å². The van der Waals surface area contributed by atoms with Crippen LogP contribution in [0.25, 0.3) is 0 Å². The number of hydrogen-bond donors (Lipinski definition) is 1. The summed E-state index contributed by atoms with van der Waals surface area (Å²) in [4.78, 5) is 17.2. The molecule has 0 bridgehead atoms. The molecule has 112 valence electrons. The van der Waals surface area contributed by atoms with Crippen LogP contribution >= 0.6 is 11.5 Å². The molecular weight excluding hydrogens is 276 g/mol. The zero-order valence-electron chi connectivity index (χ0n) is 12.1. The van der Waals surface area contributed by atoms with Gasteiger partial charge >= 0.3 is 0 Å². The van der Waals surface area contributed by atoms with Gasteiger partial charge in [0.05, 0.1) is 11.8 Å². The summed E-state index contributed by atoms with van der Waals surface area (Å²) in [7, 11) is 0. The normalized spacial score (nSPS) is 18.2. The number of rotatable bonds is 5. The van der Waals surface area contributed by atoms with Crippen LogP contribution in [0, 0.1) is 0 Å². The van der Waals surface area contributed by atoms with Crippen molar-refractivity contribution in [2.45, 2.75) is 32.8 Å². The van der Waals surface area contributed by atoms with Crippen LogP contribution in [-0.2, 0) is 6.42 Å². The van der Waals surface area contributed by atoms with E-state index in [1.165, 1.54) is 11.5 Å². The van der Waals surface area contributed by atoms with Crippen molar-refractivity contribution < 1.29 is 9.90 Å². The minimum absolute atomic E-state index is 0.0486. The first-order chi connectivity index (χ1) is 9.65. The lowest BCUT2D eigenvalue weighted by Crippen LogP contribution is -2.50. The van der Waals surface area contributed by atoms with E-state index >= 15 is 0 Å². The average molecular weight is 298 g/mol. The Hall–Kier alpha value is -1.05. The second-order valence-electron chi connectivity index (χ2n) is 5.06. The van der Waals surface area contributed by atoms with E-state index in [0.717, 1.165) is 31.6 Å². The molecule has 1 aromatic rings. The largest absolute Gasteiger partial charge is 0.392 e. The monoisotopic (exact) mass is 298 g/mol. The van der Waals surface area contributed by atoms with Crippen molar-refractivity contribution in [3.05, 3.63) is 10.6 Å². The van der Waals surface area contributed by atoms with Gasteiger partial charge < -0.3 is 10.0 Å². The number of carbonyl (C=O) groups excluding carboxylic acids is 1. The van der Waals surface area contributed by atoms with Crippen molar-refractivity contribution in [1.82, 2.24) is 19.4 Å². The average Bonchev–Trinajstić information content (AvgIpc) is 2.95. The van der Waals surface area contributed by atoms with E-state index in [4.69, 9.17) is 0 Å². The van der Waals surface area contributed by atoms with Gasteiger partial charge in [-0.3, -0.25) is 9.69 Å². The number of nitrogens with zero attached hydrogens (tertiary/aromatic N) is 4. The van der Waals surface area contributed by atoms with Crippen LogP contribution < -0.4 is 0 Å². The molecule has 0 spiro atoms. The first-order valence-corrected chi connectivity index (χ1v) is 7.94. The highest BCUT2D eigenvalue weighted by Crippen LogP contribution is 2.16. The Kier molecular flexibility index (Phi) is 5.45. The fourth-order valence-corrected chi connectivity index (χ4v) is 3.03. The first kappa shape index (κ1) is 15.3. The molecule has 2 heterocycles. The van der Waals surface area contributed by atoms with Crippen LogP contribution in [0.2, 0.25) is 0 Å². The van der Waals surface area contributed by atoms with E-state index in [1.54, 1.807) is 0 Å². The minimum Gasteiger partial charge on any atom is -0.392 e. The number of aromatic nitrogens is 2. The summed E-state index contributed by atoms with van der Waals surface area (Å²) in [6.45, 7) is 7.70. The van der Waals surface area contributed by atoms with E-state index in [-0.39, 0.29) is 12.0 Å². The van der Waals surface area contributed by atoms with Crippen molar-refractivity contribution in [2.24, 2.45) is 0 Å². The molecule has 1 N–H and O–H groups in total. The number of aliphatic hydroxyl groups is 1. The van der Waals surface area contributed by atoms with Gasteiger partial charge in [-0.25, -0.2) is 0 Å². The number of β-amino-alcohol motifs (C(OH)–C–C–N with tert-alkyl or cyclic N) is 1. The van der Waals surface area contributed by atoms with E-state index in [2.05, 4.69) is 14.5 Å². The second-order valence-corrected chi connectivity index (χ2v) is 5.81. The van der Waals surface area contributed by atoms with Crippen molar-refractivity contribution >= 4 is 17.4 Å². The van der Waals surface area contributed by atoms with Crippen LogP contribution in [-0.4, -0.2) is 69.2 Å². The molecule has 1 aliphatic rings. The smallest absolute Gasteiger partial charge is 0.267 e. The van der Waals surface area contributed by atoms with Crippen molar-refractivity contribution in [2.75, 3.05) is 32.7 Å². The molecule has 1 atom stereocenters. The number of aliphatic hydroxyl groups excluding tert-OH is 1. The van der Waals surface area contributed by atoms with Gasteiger partial charge in [0.25, 0.3) is 5.91 Å². The highest BCUT2D eigenvalue weighted by atomic mass is 32.1. The maximum atomic E-state index is 12.4. The summed E-state index contributed by atoms with van der Waals surface area (Å²) in [5.74, 6) is 0.0486. The second kappa shape index (κ2) is 7.10. The van der Waals surface area contributed by atoms with Gasteiger partial charge in [-0.2, -0.15) is 0 Å². The molecule has 0 aliphatic carbocycles. The molecule has 20 heavy (non-hydrogen) atoms. The molecule has 1 aromatic heterocycles. The lowest BCUT2D eigenvalue weighted by atomic mass is 10.2. The topological polar surface area (TPSA) is 69.6 Å². The summed E-state index contributed by atoms with van der Waals surface area (Å²) in [5, 5.41) is 13.7. The van der Waals surface area contributed by atoms with Gasteiger partial charge in [-0.15, -0.1) is 5.10 Å². The van der Waals surface area contributed by atoms with Crippen LogP contribution in [0.15, 0.2) is 0 Å². The first-order valence-electron chi connectivity index (χ1n) is 7.16. The Morgan fingerprint density at radius 3 is 2.65 bits per heavy atom. The summed E-state index contributed by atoms with van der Waals surface area (Å²) in [6, 6.07) is 0. The number of aryl methyl sites for hydroxylation is 1. The van der Waals surface area contributed by atoms with Crippen molar-refractivity contribution in [1.29, 1.82) is 0 Å². The molecule has 1 fully saturated rings. The third-order valence-corrected chi connectivity index (χ3v) is 4.44. The van der Waals surface area contributed by atoms with Crippen LogP contribution in [0.1, 0.15) is 35.6 Å². The Morgan fingerprint density at radius 1 is 1.35 bits per heavy atom. The van der Waals surface area contributed by atoms with Crippen LogP contribution in [0.3, 0.4) is 0 Å². The quantitative estimate of drug-likeness (QED) is 0.863. The molecule has 0 unspecified atom stereocenters. The molecule has 1 amide bonds. The van der Waals surface area contributed by atoms with Crippen molar-refractivity contribution in [3.8, 4) is 0 Å². The molecule has 7 heteroatoms. The zero-order chi connectivity index (χ0) is 14.5. The van der Waals surface area contributed by atoms with E-state index in [0.29, 0.717) is 24.5 Å². The highest BCUT2D eigenvalue weighted by molar-refractivity contribution is 7.08. The highest BCUT2D eigenvalue weighted by Gasteiger charge is 2.26. The van der Waals surface area contributed by atoms with Crippen LogP contribution in [0.5, 0.6) is 0 Å². The number of hydrogen-bond acceptors (Lipinski definition) is 6. The van der Waals surface area contributed by atoms with E-state index in [1.807, 2.05) is 18.7 Å². The Balaban J connectivity index is 1.89.